The SMILES string of the molecule is O=C(O)c1ccc(CNCC(F)(F)C(F)F)c(Br)c1. The fraction of sp³-hybridized carbons (Fsp3) is 0.364. The first-order valence-electron chi connectivity index (χ1n) is 5.12. The summed E-state index contributed by atoms with van der Waals surface area (Å²) in [6.45, 7) is -1.24. The van der Waals surface area contributed by atoms with E-state index in [1.165, 1.54) is 18.2 Å². The van der Waals surface area contributed by atoms with E-state index < -0.39 is 24.9 Å². The summed E-state index contributed by atoms with van der Waals surface area (Å²) in [6, 6.07) is 4.03. The van der Waals surface area contributed by atoms with Crippen LogP contribution in [-0.4, -0.2) is 30.0 Å². The summed E-state index contributed by atoms with van der Waals surface area (Å²) < 4.78 is 49.4. The minimum atomic E-state index is -4.09. The Balaban J connectivity index is 2.62. The number of rotatable bonds is 6. The Morgan fingerprint density at radius 2 is 2.05 bits per heavy atom. The number of nitrogens with one attached hydrogen (secondary N) is 1. The van der Waals surface area contributed by atoms with Gasteiger partial charge in [0.2, 0.25) is 0 Å². The molecule has 19 heavy (non-hydrogen) atoms. The van der Waals surface area contributed by atoms with E-state index in [0.29, 0.717) is 10.0 Å². The van der Waals surface area contributed by atoms with E-state index in [4.69, 9.17) is 5.11 Å². The summed E-state index contributed by atoms with van der Waals surface area (Å²) in [7, 11) is 0. The smallest absolute Gasteiger partial charge is 0.335 e. The number of carboxylic acid groups (broad SMARTS) is 1. The van der Waals surface area contributed by atoms with Gasteiger partial charge in [0, 0.05) is 11.0 Å². The molecule has 0 bridgehead atoms. The zero-order valence-corrected chi connectivity index (χ0v) is 11.1. The zero-order chi connectivity index (χ0) is 14.6. The molecule has 0 aliphatic heterocycles. The van der Waals surface area contributed by atoms with Crippen LogP contribution in [0.2, 0.25) is 0 Å². The maximum Gasteiger partial charge on any atom is 0.335 e. The minimum Gasteiger partial charge on any atom is -0.478 e. The van der Waals surface area contributed by atoms with Crippen LogP contribution in [0.4, 0.5) is 17.6 Å². The van der Waals surface area contributed by atoms with Gasteiger partial charge in [-0.15, -0.1) is 0 Å². The molecule has 8 heteroatoms. The van der Waals surface area contributed by atoms with E-state index in [1.54, 1.807) is 0 Å². The fourth-order valence-electron chi connectivity index (χ4n) is 1.26. The highest BCUT2D eigenvalue weighted by molar-refractivity contribution is 9.10. The number of alkyl halides is 4. The summed E-state index contributed by atoms with van der Waals surface area (Å²) in [4.78, 5) is 10.7. The molecule has 0 fully saturated rings. The van der Waals surface area contributed by atoms with Crippen molar-refractivity contribution in [2.24, 2.45) is 0 Å². The van der Waals surface area contributed by atoms with Crippen molar-refractivity contribution in [3.63, 3.8) is 0 Å². The molecule has 0 radical (unpaired) electrons. The fourth-order valence-corrected chi connectivity index (χ4v) is 1.78. The molecule has 0 atom stereocenters. The van der Waals surface area contributed by atoms with Crippen LogP contribution >= 0.6 is 15.9 Å². The Morgan fingerprint density at radius 3 is 2.53 bits per heavy atom. The van der Waals surface area contributed by atoms with Gasteiger partial charge in [0.05, 0.1) is 12.1 Å². The Kier molecular flexibility index (Phi) is 5.30. The molecular formula is C11H10BrF4NO2. The molecule has 0 spiro atoms. The molecule has 3 nitrogen and oxygen atoms in total. The van der Waals surface area contributed by atoms with Crippen molar-refractivity contribution in [2.75, 3.05) is 6.54 Å². The molecule has 0 saturated heterocycles. The van der Waals surface area contributed by atoms with Gasteiger partial charge in [-0.05, 0) is 17.7 Å². The quantitative estimate of drug-likeness (QED) is 0.780. The lowest BCUT2D eigenvalue weighted by atomic mass is 10.1. The maximum absolute atomic E-state index is 12.6. The molecule has 1 aromatic carbocycles. The van der Waals surface area contributed by atoms with Gasteiger partial charge >= 0.3 is 18.3 Å². The molecule has 1 aromatic rings. The number of hydrogen-bond acceptors (Lipinski definition) is 2. The maximum atomic E-state index is 12.6. The normalized spacial score (nSPS) is 11.9. The summed E-state index contributed by atoms with van der Waals surface area (Å²) >= 11 is 3.09. The molecular weight excluding hydrogens is 334 g/mol. The summed E-state index contributed by atoms with van der Waals surface area (Å²) in [5, 5.41) is 10.9. The van der Waals surface area contributed by atoms with Gasteiger partial charge in [-0.1, -0.05) is 22.0 Å². The van der Waals surface area contributed by atoms with Crippen LogP contribution in [0.3, 0.4) is 0 Å². The molecule has 0 aliphatic rings. The van der Waals surface area contributed by atoms with Gasteiger partial charge in [0.1, 0.15) is 0 Å². The van der Waals surface area contributed by atoms with E-state index in [0.717, 1.165) is 0 Å². The second kappa shape index (κ2) is 6.33. The second-order valence-electron chi connectivity index (χ2n) is 3.78. The van der Waals surface area contributed by atoms with Crippen LogP contribution in [0.15, 0.2) is 22.7 Å². The highest BCUT2D eigenvalue weighted by atomic mass is 79.9. The van der Waals surface area contributed by atoms with Crippen molar-refractivity contribution in [2.45, 2.75) is 18.9 Å². The van der Waals surface area contributed by atoms with Crippen molar-refractivity contribution >= 4 is 21.9 Å². The summed E-state index contributed by atoms with van der Waals surface area (Å²) in [6.07, 6.45) is -3.72. The Morgan fingerprint density at radius 1 is 1.42 bits per heavy atom. The van der Waals surface area contributed by atoms with E-state index in [-0.39, 0.29) is 12.1 Å². The van der Waals surface area contributed by atoms with Crippen molar-refractivity contribution < 1.29 is 27.5 Å². The average molecular weight is 344 g/mol. The first kappa shape index (κ1) is 15.9. The van der Waals surface area contributed by atoms with Gasteiger partial charge < -0.3 is 10.4 Å². The van der Waals surface area contributed by atoms with Crippen LogP contribution in [-0.2, 0) is 6.54 Å². The molecule has 106 valence electrons. The predicted octanol–water partition coefficient (Wildman–Crippen LogP) is 3.14. The van der Waals surface area contributed by atoms with Gasteiger partial charge in [-0.25, -0.2) is 13.6 Å². The second-order valence-corrected chi connectivity index (χ2v) is 4.63. The van der Waals surface area contributed by atoms with Crippen molar-refractivity contribution in [1.29, 1.82) is 0 Å². The van der Waals surface area contributed by atoms with Crippen LogP contribution < -0.4 is 5.32 Å². The average Bonchev–Trinajstić information content (AvgIpc) is 2.30. The molecule has 2 N–H and O–H groups in total. The third kappa shape index (κ3) is 4.46. The number of benzene rings is 1. The molecule has 0 heterocycles. The van der Waals surface area contributed by atoms with E-state index >= 15 is 0 Å². The molecule has 0 aliphatic carbocycles. The van der Waals surface area contributed by atoms with E-state index in [1.807, 2.05) is 0 Å². The third-order valence-corrected chi connectivity index (χ3v) is 3.03. The third-order valence-electron chi connectivity index (χ3n) is 2.30. The Bertz CT molecular complexity index is 468. The van der Waals surface area contributed by atoms with Gasteiger partial charge in [0.25, 0.3) is 0 Å². The van der Waals surface area contributed by atoms with Crippen LogP contribution in [0.5, 0.6) is 0 Å². The molecule has 0 amide bonds. The van der Waals surface area contributed by atoms with Crippen LogP contribution in [0.25, 0.3) is 0 Å². The Labute approximate surface area is 114 Å². The monoisotopic (exact) mass is 343 g/mol. The van der Waals surface area contributed by atoms with Crippen LogP contribution in [0, 0.1) is 0 Å². The van der Waals surface area contributed by atoms with Crippen molar-refractivity contribution in [1.82, 2.24) is 5.32 Å². The topological polar surface area (TPSA) is 49.3 Å². The van der Waals surface area contributed by atoms with Gasteiger partial charge in [-0.3, -0.25) is 0 Å². The number of carboxylic acids is 1. The van der Waals surface area contributed by atoms with E-state index in [2.05, 4.69) is 21.2 Å². The first-order chi connectivity index (χ1) is 8.74. The predicted molar refractivity (Wildman–Crippen MR) is 63.8 cm³/mol. The lowest BCUT2D eigenvalue weighted by molar-refractivity contribution is -0.125. The summed E-state index contributed by atoms with van der Waals surface area (Å²) in [5.74, 6) is -5.21. The standard InChI is InChI=1S/C11H10BrF4NO2/c12-8-3-6(9(18)19)1-2-7(8)4-17-5-11(15,16)10(13)14/h1-3,10,17H,4-5H2,(H,18,19). The molecule has 0 aromatic heterocycles. The first-order valence-corrected chi connectivity index (χ1v) is 5.92. The largest absolute Gasteiger partial charge is 0.478 e. The lowest BCUT2D eigenvalue weighted by Gasteiger charge is -2.16. The van der Waals surface area contributed by atoms with E-state index in [9.17, 15) is 22.4 Å². The van der Waals surface area contributed by atoms with Crippen molar-refractivity contribution in [3.05, 3.63) is 33.8 Å². The minimum absolute atomic E-state index is 0.0357. The van der Waals surface area contributed by atoms with Crippen LogP contribution in [0.1, 0.15) is 15.9 Å². The lowest BCUT2D eigenvalue weighted by Crippen LogP contribution is -2.38. The van der Waals surface area contributed by atoms with Crippen molar-refractivity contribution in [3.8, 4) is 0 Å². The van der Waals surface area contributed by atoms with Gasteiger partial charge in [0.15, 0.2) is 0 Å². The number of aromatic carboxylic acids is 1. The Hall–Kier alpha value is -1.15. The highest BCUT2D eigenvalue weighted by Crippen LogP contribution is 2.22. The zero-order valence-electron chi connectivity index (χ0n) is 9.47. The molecule has 1 rings (SSSR count). The number of halogens is 5. The molecule has 0 unspecified atom stereocenters. The highest BCUT2D eigenvalue weighted by Gasteiger charge is 2.39. The number of hydrogen-bond donors (Lipinski definition) is 2. The number of carbonyl (C=O) groups is 1. The summed E-state index contributed by atoms with van der Waals surface area (Å²) in [5.41, 5.74) is 0.531. The van der Waals surface area contributed by atoms with Gasteiger partial charge in [-0.2, -0.15) is 8.78 Å². The molecule has 0 saturated carbocycles.